The van der Waals surface area contributed by atoms with E-state index in [1.807, 2.05) is 35.7 Å². The van der Waals surface area contributed by atoms with Gasteiger partial charge in [0.25, 0.3) is 5.56 Å². The number of fused-ring (bicyclic) bond motifs is 1. The molecule has 1 N–H and O–H groups in total. The fourth-order valence-corrected chi connectivity index (χ4v) is 5.11. The van der Waals surface area contributed by atoms with Crippen LogP contribution in [-0.4, -0.2) is 21.2 Å². The molecular formula is C23H17ClFN3O2S2. The Hall–Kier alpha value is -2.94. The topological polar surface area (TPSA) is 64.0 Å². The van der Waals surface area contributed by atoms with Crippen molar-refractivity contribution in [3.63, 3.8) is 0 Å². The van der Waals surface area contributed by atoms with Crippen LogP contribution < -0.4 is 10.9 Å². The first-order chi connectivity index (χ1) is 15.5. The lowest BCUT2D eigenvalue weighted by atomic mass is 10.1. The summed E-state index contributed by atoms with van der Waals surface area (Å²) in [5.74, 6) is -0.870. The van der Waals surface area contributed by atoms with E-state index >= 15 is 0 Å². The summed E-state index contributed by atoms with van der Waals surface area (Å²) in [6.45, 7) is 4.00. The molecule has 0 atom stereocenters. The van der Waals surface area contributed by atoms with Crippen LogP contribution in [0.25, 0.3) is 21.3 Å². The van der Waals surface area contributed by atoms with Crippen molar-refractivity contribution in [2.45, 2.75) is 11.7 Å². The highest BCUT2D eigenvalue weighted by molar-refractivity contribution is 7.99. The number of thiophene rings is 1. The van der Waals surface area contributed by atoms with E-state index in [4.69, 9.17) is 11.6 Å². The zero-order valence-corrected chi connectivity index (χ0v) is 19.1. The van der Waals surface area contributed by atoms with Gasteiger partial charge in [-0.1, -0.05) is 59.8 Å². The lowest BCUT2D eigenvalue weighted by Crippen LogP contribution is -2.23. The van der Waals surface area contributed by atoms with E-state index in [2.05, 4.69) is 16.9 Å². The molecule has 32 heavy (non-hydrogen) atoms. The minimum absolute atomic E-state index is 0.0149. The van der Waals surface area contributed by atoms with Crippen LogP contribution in [0.5, 0.6) is 0 Å². The molecule has 9 heteroatoms. The first-order valence-corrected chi connectivity index (χ1v) is 11.8. The first kappa shape index (κ1) is 22.3. The number of rotatable bonds is 7. The largest absolute Gasteiger partial charge is 0.325 e. The predicted molar refractivity (Wildman–Crippen MR) is 130 cm³/mol. The number of carbonyl (C=O) groups is 1. The molecule has 2 aromatic heterocycles. The Balaban J connectivity index is 1.61. The SMILES string of the molecule is C=CCn1c(SCC(=O)Nc2ccc(F)c(Cl)c2)nc2scc(-c3ccccc3)c2c1=O. The third-order valence-electron chi connectivity index (χ3n) is 4.59. The summed E-state index contributed by atoms with van der Waals surface area (Å²) in [6.07, 6.45) is 1.62. The van der Waals surface area contributed by atoms with Gasteiger partial charge in [-0.2, -0.15) is 0 Å². The van der Waals surface area contributed by atoms with Gasteiger partial charge < -0.3 is 5.32 Å². The fraction of sp³-hybridized carbons (Fsp3) is 0.0870. The summed E-state index contributed by atoms with van der Waals surface area (Å²) in [5, 5.41) is 5.49. The van der Waals surface area contributed by atoms with Crippen molar-refractivity contribution in [2.24, 2.45) is 0 Å². The van der Waals surface area contributed by atoms with Gasteiger partial charge in [-0.25, -0.2) is 9.37 Å². The normalized spacial score (nSPS) is 10.9. The zero-order chi connectivity index (χ0) is 22.7. The van der Waals surface area contributed by atoms with Crippen molar-refractivity contribution in [3.8, 4) is 11.1 Å². The van der Waals surface area contributed by atoms with E-state index in [0.29, 0.717) is 21.1 Å². The Morgan fingerprint density at radius 2 is 2.06 bits per heavy atom. The second kappa shape index (κ2) is 9.68. The van der Waals surface area contributed by atoms with Crippen molar-refractivity contribution in [2.75, 3.05) is 11.1 Å². The van der Waals surface area contributed by atoms with E-state index in [1.165, 1.54) is 34.1 Å². The molecule has 1 amide bonds. The van der Waals surface area contributed by atoms with Gasteiger partial charge in [-0.15, -0.1) is 17.9 Å². The molecule has 0 unspecified atom stereocenters. The molecular weight excluding hydrogens is 469 g/mol. The highest BCUT2D eigenvalue weighted by atomic mass is 35.5. The summed E-state index contributed by atoms with van der Waals surface area (Å²) >= 11 is 8.29. The van der Waals surface area contributed by atoms with Gasteiger partial charge in [0.1, 0.15) is 10.6 Å². The van der Waals surface area contributed by atoms with E-state index < -0.39 is 5.82 Å². The summed E-state index contributed by atoms with van der Waals surface area (Å²) in [7, 11) is 0. The number of amides is 1. The molecule has 0 saturated heterocycles. The number of allylic oxidation sites excluding steroid dienone is 1. The van der Waals surface area contributed by atoms with Gasteiger partial charge in [0, 0.05) is 23.2 Å². The number of benzene rings is 2. The summed E-state index contributed by atoms with van der Waals surface area (Å²) in [5.41, 5.74) is 1.99. The minimum atomic E-state index is -0.559. The molecule has 2 heterocycles. The maximum atomic E-state index is 13.3. The number of halogens is 2. The molecule has 0 spiro atoms. The van der Waals surface area contributed by atoms with Crippen LogP contribution >= 0.6 is 34.7 Å². The molecule has 0 aliphatic rings. The Labute approximate surface area is 196 Å². The third-order valence-corrected chi connectivity index (χ3v) is 6.73. The van der Waals surface area contributed by atoms with Gasteiger partial charge in [-0.3, -0.25) is 14.2 Å². The summed E-state index contributed by atoms with van der Waals surface area (Å²) < 4.78 is 14.8. The smallest absolute Gasteiger partial charge is 0.263 e. The average molecular weight is 486 g/mol. The highest BCUT2D eigenvalue weighted by Gasteiger charge is 2.18. The number of nitrogens with zero attached hydrogens (tertiary/aromatic N) is 2. The molecule has 162 valence electrons. The maximum absolute atomic E-state index is 13.3. The second-order valence-electron chi connectivity index (χ2n) is 6.76. The quantitative estimate of drug-likeness (QED) is 0.203. The molecule has 0 saturated carbocycles. The lowest BCUT2D eigenvalue weighted by Gasteiger charge is -2.11. The minimum Gasteiger partial charge on any atom is -0.325 e. The highest BCUT2D eigenvalue weighted by Crippen LogP contribution is 2.32. The van der Waals surface area contributed by atoms with Gasteiger partial charge in [0.15, 0.2) is 5.16 Å². The van der Waals surface area contributed by atoms with Crippen molar-refractivity contribution in [1.82, 2.24) is 9.55 Å². The van der Waals surface area contributed by atoms with Crippen LogP contribution in [0.15, 0.2) is 76.5 Å². The molecule has 0 fully saturated rings. The van der Waals surface area contributed by atoms with Crippen LogP contribution in [0, 0.1) is 5.82 Å². The van der Waals surface area contributed by atoms with Gasteiger partial charge in [0.05, 0.1) is 16.2 Å². The van der Waals surface area contributed by atoms with Gasteiger partial charge >= 0.3 is 0 Å². The van der Waals surface area contributed by atoms with Crippen molar-refractivity contribution in [1.29, 1.82) is 0 Å². The molecule has 4 rings (SSSR count). The molecule has 0 aliphatic heterocycles. The van der Waals surface area contributed by atoms with Gasteiger partial charge in [0.2, 0.25) is 5.91 Å². The second-order valence-corrected chi connectivity index (χ2v) is 8.97. The van der Waals surface area contributed by atoms with E-state index in [-0.39, 0.29) is 28.8 Å². The number of aromatic nitrogens is 2. The third kappa shape index (κ3) is 4.62. The maximum Gasteiger partial charge on any atom is 0.263 e. The molecule has 5 nitrogen and oxygen atoms in total. The fourth-order valence-electron chi connectivity index (χ4n) is 3.14. The predicted octanol–water partition coefficient (Wildman–Crippen LogP) is 5.83. The van der Waals surface area contributed by atoms with Crippen LogP contribution in [-0.2, 0) is 11.3 Å². The lowest BCUT2D eigenvalue weighted by molar-refractivity contribution is -0.113. The monoisotopic (exact) mass is 485 g/mol. The molecule has 2 aromatic carbocycles. The van der Waals surface area contributed by atoms with Gasteiger partial charge in [-0.05, 0) is 23.8 Å². The summed E-state index contributed by atoms with van der Waals surface area (Å²) in [6, 6.07) is 13.6. The molecule has 0 aliphatic carbocycles. The van der Waals surface area contributed by atoms with Crippen LogP contribution in [0.4, 0.5) is 10.1 Å². The van der Waals surface area contributed by atoms with E-state index in [9.17, 15) is 14.0 Å². The molecule has 0 bridgehead atoms. The van der Waals surface area contributed by atoms with Crippen LogP contribution in [0.1, 0.15) is 0 Å². The number of nitrogens with one attached hydrogen (secondary N) is 1. The molecule has 0 radical (unpaired) electrons. The standard InChI is InChI=1S/C23H17ClFN3O2S2/c1-2-10-28-22(30)20-16(14-6-4-3-5-7-14)12-31-21(20)27-23(28)32-13-19(29)26-15-8-9-18(25)17(24)11-15/h2-9,11-12H,1,10,13H2,(H,26,29). The van der Waals surface area contributed by atoms with Crippen molar-refractivity contribution in [3.05, 3.63) is 87.8 Å². The average Bonchev–Trinajstić information content (AvgIpc) is 3.22. The number of thioether (sulfide) groups is 1. The van der Waals surface area contributed by atoms with Crippen LogP contribution in [0.2, 0.25) is 5.02 Å². The van der Waals surface area contributed by atoms with Crippen LogP contribution in [0.3, 0.4) is 0 Å². The number of hydrogen-bond donors (Lipinski definition) is 1. The molecule has 4 aromatic rings. The first-order valence-electron chi connectivity index (χ1n) is 9.54. The number of carbonyl (C=O) groups excluding carboxylic acids is 1. The Bertz CT molecular complexity index is 1370. The Kier molecular flexibility index (Phi) is 6.74. The Morgan fingerprint density at radius 3 is 2.78 bits per heavy atom. The summed E-state index contributed by atoms with van der Waals surface area (Å²) in [4.78, 5) is 31.0. The van der Waals surface area contributed by atoms with Crippen molar-refractivity contribution >= 4 is 56.5 Å². The van der Waals surface area contributed by atoms with Crippen molar-refractivity contribution < 1.29 is 9.18 Å². The number of hydrogen-bond acceptors (Lipinski definition) is 5. The number of anilines is 1. The van der Waals surface area contributed by atoms with E-state index in [0.717, 1.165) is 22.9 Å². The Morgan fingerprint density at radius 1 is 1.28 bits per heavy atom. The van der Waals surface area contributed by atoms with E-state index in [1.54, 1.807) is 6.08 Å². The zero-order valence-electron chi connectivity index (χ0n) is 16.7.